The number of halogens is 2. The Hall–Kier alpha value is -2.27. The Balaban J connectivity index is 1.96. The molecule has 0 spiro atoms. The predicted molar refractivity (Wildman–Crippen MR) is 92.6 cm³/mol. The Labute approximate surface area is 140 Å². The minimum atomic E-state index is -0.443. The van der Waals surface area contributed by atoms with Gasteiger partial charge in [0.1, 0.15) is 11.6 Å². The fourth-order valence-corrected chi connectivity index (χ4v) is 3.46. The summed E-state index contributed by atoms with van der Waals surface area (Å²) in [4.78, 5) is 17.2. The molecule has 0 N–H and O–H groups in total. The molecule has 0 saturated carbocycles. The first-order valence-corrected chi connectivity index (χ1v) is 8.08. The van der Waals surface area contributed by atoms with E-state index >= 15 is 0 Å². The van der Waals surface area contributed by atoms with Crippen LogP contribution < -0.4 is 5.56 Å². The van der Waals surface area contributed by atoms with E-state index < -0.39 is 5.82 Å². The van der Waals surface area contributed by atoms with Gasteiger partial charge in [-0.25, -0.2) is 9.37 Å². The molecule has 1 aliphatic heterocycles. The van der Waals surface area contributed by atoms with Gasteiger partial charge < -0.3 is 0 Å². The summed E-state index contributed by atoms with van der Waals surface area (Å²) in [6.45, 7) is 0.573. The van der Waals surface area contributed by atoms with Gasteiger partial charge in [-0.3, -0.25) is 9.36 Å². The van der Waals surface area contributed by atoms with Crippen LogP contribution in [-0.2, 0) is 6.54 Å². The highest BCUT2D eigenvalue weighted by Gasteiger charge is 2.22. The van der Waals surface area contributed by atoms with Crippen LogP contribution in [0.3, 0.4) is 0 Å². The van der Waals surface area contributed by atoms with Crippen LogP contribution in [0.2, 0.25) is 0 Å². The highest BCUT2D eigenvalue weighted by molar-refractivity contribution is 9.10. The fourth-order valence-electron chi connectivity index (χ4n) is 2.93. The van der Waals surface area contributed by atoms with Gasteiger partial charge in [-0.15, -0.1) is 0 Å². The topological polar surface area (TPSA) is 34.9 Å². The molecule has 0 amide bonds. The highest BCUT2D eigenvalue weighted by atomic mass is 79.9. The maximum absolute atomic E-state index is 13.6. The summed E-state index contributed by atoms with van der Waals surface area (Å²) in [5, 5.41) is 0.307. The molecule has 3 nitrogen and oxygen atoms in total. The number of allylic oxidation sites excluding steroid dienone is 1. The average molecular weight is 371 g/mol. The van der Waals surface area contributed by atoms with Crippen LogP contribution in [0.4, 0.5) is 4.39 Å². The van der Waals surface area contributed by atoms with Crippen molar-refractivity contribution in [2.75, 3.05) is 0 Å². The first-order chi connectivity index (χ1) is 11.1. The minimum Gasteiger partial charge on any atom is -0.292 e. The van der Waals surface area contributed by atoms with Crippen molar-refractivity contribution in [3.63, 3.8) is 0 Å². The van der Waals surface area contributed by atoms with Crippen LogP contribution in [0.1, 0.15) is 17.8 Å². The van der Waals surface area contributed by atoms with Crippen molar-refractivity contribution in [2.24, 2.45) is 0 Å². The zero-order chi connectivity index (χ0) is 16.0. The molecule has 2 aromatic carbocycles. The van der Waals surface area contributed by atoms with Crippen LogP contribution in [0.25, 0.3) is 22.6 Å². The highest BCUT2D eigenvalue weighted by Crippen LogP contribution is 2.29. The Kier molecular flexibility index (Phi) is 3.38. The monoisotopic (exact) mass is 370 g/mol. The maximum atomic E-state index is 13.6. The number of hydrogen-bond donors (Lipinski definition) is 0. The second-order valence-electron chi connectivity index (χ2n) is 5.51. The van der Waals surface area contributed by atoms with Gasteiger partial charge in [-0.2, -0.15) is 0 Å². The zero-order valence-electron chi connectivity index (χ0n) is 12.1. The van der Waals surface area contributed by atoms with Gasteiger partial charge in [-0.1, -0.05) is 30.3 Å². The van der Waals surface area contributed by atoms with E-state index in [1.54, 1.807) is 4.57 Å². The second-order valence-corrected chi connectivity index (χ2v) is 6.36. The lowest BCUT2D eigenvalue weighted by atomic mass is 10.1. The summed E-state index contributed by atoms with van der Waals surface area (Å²) in [7, 11) is 0. The smallest absolute Gasteiger partial charge is 0.261 e. The number of hydrogen-bond acceptors (Lipinski definition) is 2. The molecular formula is C18H12BrFN2O. The third-order valence-corrected chi connectivity index (χ3v) is 4.61. The van der Waals surface area contributed by atoms with Gasteiger partial charge in [0.15, 0.2) is 0 Å². The van der Waals surface area contributed by atoms with E-state index in [4.69, 9.17) is 0 Å². The van der Waals surface area contributed by atoms with Crippen molar-refractivity contribution in [2.45, 2.75) is 13.0 Å². The molecule has 0 fully saturated rings. The first kappa shape index (κ1) is 14.3. The van der Waals surface area contributed by atoms with Gasteiger partial charge in [-0.05, 0) is 51.7 Å². The van der Waals surface area contributed by atoms with E-state index in [1.807, 2.05) is 30.3 Å². The Morgan fingerprint density at radius 1 is 1.22 bits per heavy atom. The van der Waals surface area contributed by atoms with Crippen LogP contribution in [-0.4, -0.2) is 9.55 Å². The third-order valence-electron chi connectivity index (χ3n) is 4.01. The van der Waals surface area contributed by atoms with Crippen molar-refractivity contribution in [3.8, 4) is 0 Å². The Morgan fingerprint density at radius 3 is 2.78 bits per heavy atom. The largest absolute Gasteiger partial charge is 0.292 e. The quantitative estimate of drug-likeness (QED) is 0.641. The molecule has 4 rings (SSSR count). The van der Waals surface area contributed by atoms with E-state index in [0.717, 1.165) is 17.6 Å². The average Bonchev–Trinajstić information content (AvgIpc) is 2.93. The number of fused-ring (bicyclic) bond motifs is 2. The van der Waals surface area contributed by atoms with Crippen molar-refractivity contribution in [1.82, 2.24) is 9.55 Å². The van der Waals surface area contributed by atoms with Crippen LogP contribution in [0, 0.1) is 5.82 Å². The van der Waals surface area contributed by atoms with Gasteiger partial charge in [0.25, 0.3) is 5.56 Å². The molecule has 114 valence electrons. The molecule has 1 aliphatic rings. The summed E-state index contributed by atoms with van der Waals surface area (Å²) in [6.07, 6.45) is 2.79. The first-order valence-electron chi connectivity index (χ1n) is 7.29. The molecule has 3 aromatic rings. The summed E-state index contributed by atoms with van der Waals surface area (Å²) in [5.41, 5.74) is 2.40. The summed E-state index contributed by atoms with van der Waals surface area (Å²) >= 11 is 3.31. The standard InChI is InChI=1S/C18H12BrFN2O/c19-15-10-13(20)9-14-16(15)21-17-12(6-7-22(17)18(14)23)8-11-4-2-1-3-5-11/h1-5,8-10H,6-7H2. The Morgan fingerprint density at radius 2 is 2.00 bits per heavy atom. The molecule has 0 aliphatic carbocycles. The molecule has 5 heteroatoms. The summed E-state index contributed by atoms with van der Waals surface area (Å²) in [6, 6.07) is 12.5. The van der Waals surface area contributed by atoms with E-state index in [-0.39, 0.29) is 5.56 Å². The minimum absolute atomic E-state index is 0.193. The van der Waals surface area contributed by atoms with Crippen LogP contribution in [0.5, 0.6) is 0 Å². The third kappa shape index (κ3) is 2.41. The van der Waals surface area contributed by atoms with Crippen molar-refractivity contribution >= 4 is 38.5 Å². The SMILES string of the molecule is O=c1c2cc(F)cc(Br)c2nc2n1CCC2=Cc1ccccc1. The van der Waals surface area contributed by atoms with E-state index in [0.29, 0.717) is 27.7 Å². The van der Waals surface area contributed by atoms with Gasteiger partial charge >= 0.3 is 0 Å². The van der Waals surface area contributed by atoms with Gasteiger partial charge in [0, 0.05) is 11.0 Å². The molecule has 0 bridgehead atoms. The predicted octanol–water partition coefficient (Wildman–Crippen LogP) is 4.24. The van der Waals surface area contributed by atoms with E-state index in [9.17, 15) is 9.18 Å². The number of rotatable bonds is 1. The van der Waals surface area contributed by atoms with Crippen LogP contribution in [0.15, 0.2) is 51.7 Å². The second kappa shape index (κ2) is 5.42. The molecule has 0 unspecified atom stereocenters. The maximum Gasteiger partial charge on any atom is 0.261 e. The molecule has 0 saturated heterocycles. The lowest BCUT2D eigenvalue weighted by Crippen LogP contribution is -2.21. The fraction of sp³-hybridized carbons (Fsp3) is 0.111. The summed E-state index contributed by atoms with van der Waals surface area (Å²) in [5.74, 6) is 0.223. The molecule has 0 radical (unpaired) electrons. The number of aromatic nitrogens is 2. The summed E-state index contributed by atoms with van der Waals surface area (Å²) < 4.78 is 15.7. The normalized spacial score (nSPS) is 15.3. The molecular weight excluding hydrogens is 359 g/mol. The Bertz CT molecular complexity index is 1010. The van der Waals surface area contributed by atoms with E-state index in [1.165, 1.54) is 12.1 Å². The van der Waals surface area contributed by atoms with Crippen molar-refractivity contribution in [1.29, 1.82) is 0 Å². The van der Waals surface area contributed by atoms with Crippen molar-refractivity contribution < 1.29 is 4.39 Å². The zero-order valence-corrected chi connectivity index (χ0v) is 13.7. The van der Waals surface area contributed by atoms with E-state index in [2.05, 4.69) is 27.0 Å². The number of nitrogens with zero attached hydrogens (tertiary/aromatic N) is 2. The molecule has 23 heavy (non-hydrogen) atoms. The molecule has 1 aromatic heterocycles. The number of benzene rings is 2. The van der Waals surface area contributed by atoms with Gasteiger partial charge in [0.2, 0.25) is 0 Å². The lowest BCUT2D eigenvalue weighted by Gasteiger charge is -2.07. The van der Waals surface area contributed by atoms with Gasteiger partial charge in [0.05, 0.1) is 10.9 Å². The lowest BCUT2D eigenvalue weighted by molar-refractivity contribution is 0.628. The molecule has 2 heterocycles. The van der Waals surface area contributed by atoms with Crippen molar-refractivity contribution in [3.05, 3.63) is 74.5 Å². The molecule has 0 atom stereocenters. The van der Waals surface area contributed by atoms with Crippen LogP contribution >= 0.6 is 15.9 Å².